The van der Waals surface area contributed by atoms with Crippen LogP contribution >= 0.6 is 0 Å². The Balaban J connectivity index is 1.50. The lowest BCUT2D eigenvalue weighted by atomic mass is 10.0. The number of amidine groups is 1. The molecule has 1 aromatic heterocycles. The van der Waals surface area contributed by atoms with E-state index < -0.39 is 10.0 Å². The number of sulfonamides is 1. The Morgan fingerprint density at radius 2 is 1.76 bits per heavy atom. The number of hydrogen-bond acceptors (Lipinski definition) is 5. The predicted octanol–water partition coefficient (Wildman–Crippen LogP) is 4.42. The molecule has 2 aromatic carbocycles. The average Bonchev–Trinajstić information content (AvgIpc) is 3.19. The van der Waals surface area contributed by atoms with E-state index in [1.165, 1.54) is 0 Å². The summed E-state index contributed by atoms with van der Waals surface area (Å²) in [5, 5.41) is 11.5. The van der Waals surface area contributed by atoms with Gasteiger partial charge in [-0.3, -0.25) is 10.1 Å². The smallest absolute Gasteiger partial charge is 0.261 e. The number of nitrogens with zero attached hydrogens (tertiary/aromatic N) is 1. The number of nitrogens with one attached hydrogen (secondary N) is 3. The lowest BCUT2D eigenvalue weighted by molar-refractivity contribution is 0.577. The highest BCUT2D eigenvalue weighted by molar-refractivity contribution is 7.92. The normalized spacial score (nSPS) is 13.9. The molecule has 4 rings (SSSR count). The van der Waals surface area contributed by atoms with Crippen LogP contribution in [0.25, 0.3) is 0 Å². The number of furan rings is 1. The van der Waals surface area contributed by atoms with E-state index in [2.05, 4.69) is 23.9 Å². The highest BCUT2D eigenvalue weighted by atomic mass is 32.2. The van der Waals surface area contributed by atoms with Gasteiger partial charge in [-0.1, -0.05) is 26.0 Å². The molecule has 1 aliphatic rings. The topological polar surface area (TPSA) is 98.4 Å². The quantitative estimate of drug-likeness (QED) is 0.578. The Morgan fingerprint density at radius 3 is 2.41 bits per heavy atom. The summed E-state index contributed by atoms with van der Waals surface area (Å²) in [7, 11) is -3.67. The summed E-state index contributed by atoms with van der Waals surface area (Å²) in [5.74, 6) is 1.25. The van der Waals surface area contributed by atoms with E-state index in [0.29, 0.717) is 35.6 Å². The van der Waals surface area contributed by atoms with Crippen molar-refractivity contribution in [3.8, 4) is 0 Å². The van der Waals surface area contributed by atoms with Crippen molar-refractivity contribution in [2.75, 3.05) is 21.6 Å². The van der Waals surface area contributed by atoms with E-state index in [4.69, 9.17) is 9.83 Å². The van der Waals surface area contributed by atoms with Crippen LogP contribution < -0.4 is 14.9 Å². The maximum Gasteiger partial charge on any atom is 0.261 e. The number of rotatable bonds is 5. The number of anilines is 3. The molecule has 8 heteroatoms. The van der Waals surface area contributed by atoms with E-state index >= 15 is 0 Å². The summed E-state index contributed by atoms with van der Waals surface area (Å²) in [6.45, 7) is 4.52. The van der Waals surface area contributed by atoms with Crippen molar-refractivity contribution in [3.05, 3.63) is 72.0 Å². The van der Waals surface area contributed by atoms with Crippen LogP contribution in [0, 0.1) is 5.41 Å². The maximum absolute atomic E-state index is 12.7. The largest absolute Gasteiger partial charge is 0.448 e. The van der Waals surface area contributed by atoms with E-state index in [0.717, 1.165) is 11.3 Å². The minimum absolute atomic E-state index is 0.223. The second-order valence-electron chi connectivity index (χ2n) is 7.15. The molecule has 0 spiro atoms. The molecule has 0 fully saturated rings. The lowest BCUT2D eigenvalue weighted by Crippen LogP contribution is -2.39. The van der Waals surface area contributed by atoms with E-state index in [-0.39, 0.29) is 4.90 Å². The Bertz CT molecular complexity index is 1130. The molecule has 1 aliphatic heterocycles. The first-order chi connectivity index (χ1) is 13.8. The van der Waals surface area contributed by atoms with Gasteiger partial charge in [0.1, 0.15) is 5.84 Å². The SMILES string of the molecule is CC(C)c1ccc(S(=O)(=O)Nc2ccc(N3CNc4occc4C3=N)cc2)cc1. The van der Waals surface area contributed by atoms with E-state index in [9.17, 15) is 8.42 Å². The van der Waals surface area contributed by atoms with Gasteiger partial charge in [0.2, 0.25) is 5.88 Å². The fourth-order valence-corrected chi connectivity index (χ4v) is 4.24. The Kier molecular flexibility index (Phi) is 4.79. The molecular weight excluding hydrogens is 388 g/mol. The van der Waals surface area contributed by atoms with Gasteiger partial charge in [0.05, 0.1) is 23.4 Å². The van der Waals surface area contributed by atoms with Crippen LogP contribution in [-0.2, 0) is 10.0 Å². The van der Waals surface area contributed by atoms with Crippen LogP contribution in [0.15, 0.2) is 70.2 Å². The van der Waals surface area contributed by atoms with Crippen LogP contribution in [-0.4, -0.2) is 20.9 Å². The first-order valence-corrected chi connectivity index (χ1v) is 10.7. The van der Waals surface area contributed by atoms with Crippen LogP contribution in [0.3, 0.4) is 0 Å². The Labute approximate surface area is 169 Å². The van der Waals surface area contributed by atoms with Crippen LogP contribution in [0.5, 0.6) is 0 Å². The molecule has 150 valence electrons. The van der Waals surface area contributed by atoms with Gasteiger partial charge in [0.15, 0.2) is 0 Å². The fraction of sp³-hybridized carbons (Fsp3) is 0.190. The molecular formula is C21H22N4O3S. The molecule has 3 aromatic rings. The molecule has 0 saturated carbocycles. The number of hydrogen-bond donors (Lipinski definition) is 3. The Hall–Kier alpha value is -3.26. The van der Waals surface area contributed by atoms with Crippen molar-refractivity contribution in [1.29, 1.82) is 5.41 Å². The third kappa shape index (κ3) is 3.71. The highest BCUT2D eigenvalue weighted by Crippen LogP contribution is 2.28. The molecule has 3 N–H and O–H groups in total. The summed E-state index contributed by atoms with van der Waals surface area (Å²) in [6, 6.07) is 15.6. The van der Waals surface area contributed by atoms with Crippen molar-refractivity contribution < 1.29 is 12.8 Å². The molecule has 0 aliphatic carbocycles. The van der Waals surface area contributed by atoms with Gasteiger partial charge in [0.25, 0.3) is 10.0 Å². The van der Waals surface area contributed by atoms with Crippen LogP contribution in [0.2, 0.25) is 0 Å². The van der Waals surface area contributed by atoms with Crippen molar-refractivity contribution in [3.63, 3.8) is 0 Å². The van der Waals surface area contributed by atoms with Gasteiger partial charge in [-0.15, -0.1) is 0 Å². The zero-order valence-electron chi connectivity index (χ0n) is 16.1. The summed E-state index contributed by atoms with van der Waals surface area (Å²) < 4.78 is 33.2. The summed E-state index contributed by atoms with van der Waals surface area (Å²) in [6.07, 6.45) is 1.54. The summed E-state index contributed by atoms with van der Waals surface area (Å²) in [4.78, 5) is 2.00. The second-order valence-corrected chi connectivity index (χ2v) is 8.83. The molecule has 29 heavy (non-hydrogen) atoms. The standard InChI is InChI=1S/C21H22N4O3S/c1-14(2)15-3-9-18(10-4-15)29(26,27)24-16-5-7-17(8-6-16)25-13-23-21-19(20(25)22)11-12-28-21/h3-12,14,22-24H,13H2,1-2H3. The monoisotopic (exact) mass is 410 g/mol. The van der Waals surface area contributed by atoms with Crippen molar-refractivity contribution >= 4 is 33.1 Å². The van der Waals surface area contributed by atoms with Crippen molar-refractivity contribution in [2.24, 2.45) is 0 Å². The van der Waals surface area contributed by atoms with Crippen molar-refractivity contribution in [2.45, 2.75) is 24.7 Å². The molecule has 0 radical (unpaired) electrons. The third-order valence-electron chi connectivity index (χ3n) is 4.88. The van der Waals surface area contributed by atoms with Crippen LogP contribution in [0.4, 0.5) is 17.3 Å². The molecule has 0 saturated heterocycles. The maximum atomic E-state index is 12.7. The fourth-order valence-electron chi connectivity index (χ4n) is 3.18. The molecule has 0 bridgehead atoms. The van der Waals surface area contributed by atoms with Crippen molar-refractivity contribution in [1.82, 2.24) is 0 Å². The number of benzene rings is 2. The van der Waals surface area contributed by atoms with Gasteiger partial charge in [-0.25, -0.2) is 8.42 Å². The minimum atomic E-state index is -3.67. The second kappa shape index (κ2) is 7.29. The van der Waals surface area contributed by atoms with Gasteiger partial charge < -0.3 is 14.6 Å². The third-order valence-corrected chi connectivity index (χ3v) is 6.27. The van der Waals surface area contributed by atoms with E-state index in [1.54, 1.807) is 53.6 Å². The van der Waals surface area contributed by atoms with E-state index in [1.807, 2.05) is 12.1 Å². The van der Waals surface area contributed by atoms with Crippen LogP contribution in [0.1, 0.15) is 30.9 Å². The van der Waals surface area contributed by atoms with Gasteiger partial charge in [-0.2, -0.15) is 0 Å². The minimum Gasteiger partial charge on any atom is -0.448 e. The summed E-state index contributed by atoms with van der Waals surface area (Å²) >= 11 is 0. The molecule has 7 nitrogen and oxygen atoms in total. The first kappa shape index (κ1) is 19.1. The zero-order chi connectivity index (χ0) is 20.6. The molecule has 2 heterocycles. The zero-order valence-corrected chi connectivity index (χ0v) is 17.0. The van der Waals surface area contributed by atoms with Gasteiger partial charge >= 0.3 is 0 Å². The number of fused-ring (bicyclic) bond motifs is 1. The van der Waals surface area contributed by atoms with Gasteiger partial charge in [0, 0.05) is 11.4 Å². The average molecular weight is 410 g/mol. The highest BCUT2D eigenvalue weighted by Gasteiger charge is 2.24. The predicted molar refractivity (Wildman–Crippen MR) is 114 cm³/mol. The molecule has 0 unspecified atom stereocenters. The first-order valence-electron chi connectivity index (χ1n) is 9.26. The molecule has 0 atom stereocenters. The molecule has 0 amide bonds. The van der Waals surface area contributed by atoms with Gasteiger partial charge in [-0.05, 0) is 53.9 Å². The Morgan fingerprint density at radius 1 is 1.07 bits per heavy atom. The lowest BCUT2D eigenvalue weighted by Gasteiger charge is -2.29. The summed E-state index contributed by atoms with van der Waals surface area (Å²) in [5.41, 5.74) is 3.01.